The molecule has 106 valence electrons. The van der Waals surface area contributed by atoms with Gasteiger partial charge in [0, 0.05) is 27.7 Å². The monoisotopic (exact) mass is 321 g/mol. The van der Waals surface area contributed by atoms with Crippen molar-refractivity contribution in [2.45, 2.75) is 6.92 Å². The van der Waals surface area contributed by atoms with Crippen molar-refractivity contribution in [1.82, 2.24) is 4.57 Å². The maximum atomic E-state index is 12.3. The van der Waals surface area contributed by atoms with E-state index in [2.05, 4.69) is 0 Å². The van der Waals surface area contributed by atoms with Crippen LogP contribution in [-0.2, 0) is 0 Å². The van der Waals surface area contributed by atoms with Gasteiger partial charge in [-0.15, -0.1) is 0 Å². The topological polar surface area (TPSA) is 46.3 Å². The Kier molecular flexibility index (Phi) is 3.35. The number of aromatic nitrogens is 2. The Morgan fingerprint density at radius 2 is 1.81 bits per heavy atom. The van der Waals surface area contributed by atoms with E-state index >= 15 is 0 Å². The lowest BCUT2D eigenvalue weighted by Gasteiger charge is -2.07. The molecule has 0 unspecified atom stereocenters. The SMILES string of the molecule is Cc1ccc[n+]2c(O)cc(=O)n(-c3cc(Cl)cc(Cl)c3)c12. The van der Waals surface area contributed by atoms with Gasteiger partial charge in [0.15, 0.2) is 0 Å². The second-order valence-electron chi connectivity index (χ2n) is 4.69. The number of hydrogen-bond acceptors (Lipinski definition) is 2. The average Bonchev–Trinajstić information content (AvgIpc) is 2.39. The first-order valence-corrected chi connectivity index (χ1v) is 6.95. The van der Waals surface area contributed by atoms with Crippen molar-refractivity contribution in [1.29, 1.82) is 0 Å². The molecule has 4 nitrogen and oxygen atoms in total. The fraction of sp³-hybridized carbons (Fsp3) is 0.0667. The van der Waals surface area contributed by atoms with E-state index in [0.29, 0.717) is 21.4 Å². The molecule has 0 atom stereocenters. The number of aromatic hydroxyl groups is 1. The summed E-state index contributed by atoms with van der Waals surface area (Å²) in [5.74, 6) is -0.122. The summed E-state index contributed by atoms with van der Waals surface area (Å²) in [5, 5.41) is 10.8. The minimum absolute atomic E-state index is 0.122. The minimum atomic E-state index is -0.361. The molecule has 1 N–H and O–H groups in total. The molecule has 6 heteroatoms. The van der Waals surface area contributed by atoms with Gasteiger partial charge in [-0.1, -0.05) is 23.2 Å². The number of pyridine rings is 1. The number of aryl methyl sites for hydroxylation is 1. The summed E-state index contributed by atoms with van der Waals surface area (Å²) in [4.78, 5) is 12.3. The standard InChI is InChI=1S/C15H10Cl2N2O2/c1-9-3-2-4-18-13(20)8-14(21)19(15(9)18)12-6-10(16)5-11(17)7-12/h2-8H,1H3/p+1. The van der Waals surface area contributed by atoms with Gasteiger partial charge in [-0.3, -0.25) is 0 Å². The van der Waals surface area contributed by atoms with Crippen LogP contribution >= 0.6 is 23.2 Å². The van der Waals surface area contributed by atoms with Crippen molar-refractivity contribution in [3.05, 3.63) is 68.6 Å². The third-order valence-corrected chi connectivity index (χ3v) is 3.64. The first-order chi connectivity index (χ1) is 9.97. The molecule has 3 rings (SSSR count). The lowest BCUT2D eigenvalue weighted by molar-refractivity contribution is -0.526. The van der Waals surface area contributed by atoms with E-state index in [4.69, 9.17) is 23.2 Å². The lowest BCUT2D eigenvalue weighted by atomic mass is 10.2. The predicted molar refractivity (Wildman–Crippen MR) is 81.6 cm³/mol. The molecular weight excluding hydrogens is 311 g/mol. The molecule has 0 saturated heterocycles. The number of benzene rings is 1. The lowest BCUT2D eigenvalue weighted by Crippen LogP contribution is -2.33. The summed E-state index contributed by atoms with van der Waals surface area (Å²) in [5.41, 5.74) is 1.58. The molecule has 0 bridgehead atoms. The molecule has 0 aliphatic carbocycles. The zero-order valence-electron chi connectivity index (χ0n) is 11.0. The second-order valence-corrected chi connectivity index (χ2v) is 5.56. The van der Waals surface area contributed by atoms with Gasteiger partial charge in [0.25, 0.3) is 11.5 Å². The molecule has 21 heavy (non-hydrogen) atoms. The van der Waals surface area contributed by atoms with E-state index in [1.807, 2.05) is 13.0 Å². The van der Waals surface area contributed by atoms with Crippen LogP contribution in [0.1, 0.15) is 5.56 Å². The van der Waals surface area contributed by atoms with Crippen molar-refractivity contribution >= 4 is 28.8 Å². The van der Waals surface area contributed by atoms with Gasteiger partial charge in [-0.2, -0.15) is 8.97 Å². The Balaban J connectivity index is 2.50. The van der Waals surface area contributed by atoms with Crippen molar-refractivity contribution < 1.29 is 9.51 Å². The number of nitrogens with zero attached hydrogens (tertiary/aromatic N) is 2. The number of halogens is 2. The highest BCUT2D eigenvalue weighted by Gasteiger charge is 2.20. The second kappa shape index (κ2) is 5.06. The van der Waals surface area contributed by atoms with Crippen LogP contribution in [0.2, 0.25) is 10.0 Å². The molecule has 0 aliphatic rings. The largest absolute Gasteiger partial charge is 0.477 e. The van der Waals surface area contributed by atoms with Gasteiger partial charge in [-0.05, 0) is 25.1 Å². The highest BCUT2D eigenvalue weighted by atomic mass is 35.5. The number of fused-ring (bicyclic) bond motifs is 1. The summed E-state index contributed by atoms with van der Waals surface area (Å²) in [7, 11) is 0. The molecule has 0 fully saturated rings. The maximum Gasteiger partial charge on any atom is 0.346 e. The first-order valence-electron chi connectivity index (χ1n) is 6.20. The number of hydrogen-bond donors (Lipinski definition) is 1. The molecule has 0 saturated carbocycles. The van der Waals surface area contributed by atoms with Gasteiger partial charge in [0.1, 0.15) is 11.8 Å². The van der Waals surface area contributed by atoms with Crippen molar-refractivity contribution in [2.75, 3.05) is 0 Å². The Bertz CT molecular complexity index is 899. The van der Waals surface area contributed by atoms with Crippen molar-refractivity contribution in [3.8, 4) is 11.6 Å². The van der Waals surface area contributed by atoms with Crippen LogP contribution in [-0.4, -0.2) is 9.67 Å². The van der Waals surface area contributed by atoms with Crippen molar-refractivity contribution in [3.63, 3.8) is 0 Å². The molecule has 0 spiro atoms. The van der Waals surface area contributed by atoms with Crippen LogP contribution in [0.15, 0.2) is 47.4 Å². The van der Waals surface area contributed by atoms with Gasteiger partial charge >= 0.3 is 5.56 Å². The van der Waals surface area contributed by atoms with Crippen LogP contribution in [0.4, 0.5) is 0 Å². The molecule has 2 heterocycles. The Labute approximate surface area is 130 Å². The summed E-state index contributed by atoms with van der Waals surface area (Å²) in [6.07, 6.45) is 1.68. The highest BCUT2D eigenvalue weighted by Crippen LogP contribution is 2.22. The summed E-state index contributed by atoms with van der Waals surface area (Å²) in [6, 6.07) is 9.71. The summed E-state index contributed by atoms with van der Waals surface area (Å²) in [6.45, 7) is 1.86. The third-order valence-electron chi connectivity index (χ3n) is 3.20. The predicted octanol–water partition coefficient (Wildman–Crippen LogP) is 2.90. The molecule has 1 aromatic carbocycles. The molecule has 0 radical (unpaired) electrons. The van der Waals surface area contributed by atoms with Crippen molar-refractivity contribution in [2.24, 2.45) is 0 Å². The summed E-state index contributed by atoms with van der Waals surface area (Å²) < 4.78 is 3.00. The van der Waals surface area contributed by atoms with Gasteiger partial charge in [0.05, 0.1) is 6.20 Å². The molecule has 0 aliphatic heterocycles. The van der Waals surface area contributed by atoms with E-state index < -0.39 is 0 Å². The molecule has 2 aromatic heterocycles. The smallest absolute Gasteiger partial charge is 0.346 e. The summed E-state index contributed by atoms with van der Waals surface area (Å²) >= 11 is 12.0. The van der Waals surface area contributed by atoms with E-state index in [1.54, 1.807) is 30.5 Å². The van der Waals surface area contributed by atoms with Crippen LogP contribution in [0.5, 0.6) is 5.88 Å². The first kappa shape index (κ1) is 13.9. The minimum Gasteiger partial charge on any atom is -0.477 e. The number of rotatable bonds is 1. The van der Waals surface area contributed by atoms with Crippen LogP contribution in [0.3, 0.4) is 0 Å². The maximum absolute atomic E-state index is 12.3. The van der Waals surface area contributed by atoms with E-state index in [-0.39, 0.29) is 11.4 Å². The Hall–Kier alpha value is -2.04. The normalized spacial score (nSPS) is 11.0. The fourth-order valence-electron chi connectivity index (χ4n) is 2.34. The van der Waals surface area contributed by atoms with Crippen LogP contribution < -0.4 is 9.96 Å². The molecule has 3 aromatic rings. The Morgan fingerprint density at radius 3 is 2.48 bits per heavy atom. The fourth-order valence-corrected chi connectivity index (χ4v) is 2.86. The van der Waals surface area contributed by atoms with Crippen LogP contribution in [0, 0.1) is 6.92 Å². The quantitative estimate of drug-likeness (QED) is 0.700. The molecule has 0 amide bonds. The van der Waals surface area contributed by atoms with E-state index in [1.165, 1.54) is 8.97 Å². The molecular formula is C15H11Cl2N2O2+. The van der Waals surface area contributed by atoms with Gasteiger partial charge in [-0.25, -0.2) is 4.79 Å². The third kappa shape index (κ3) is 2.37. The zero-order chi connectivity index (χ0) is 15.1. The zero-order valence-corrected chi connectivity index (χ0v) is 12.6. The van der Waals surface area contributed by atoms with E-state index in [9.17, 15) is 9.90 Å². The highest BCUT2D eigenvalue weighted by molar-refractivity contribution is 6.34. The van der Waals surface area contributed by atoms with Crippen LogP contribution in [0.25, 0.3) is 11.3 Å². The Morgan fingerprint density at radius 1 is 1.14 bits per heavy atom. The average molecular weight is 322 g/mol. The van der Waals surface area contributed by atoms with Gasteiger partial charge in [0.2, 0.25) is 0 Å². The van der Waals surface area contributed by atoms with E-state index in [0.717, 1.165) is 11.6 Å². The van der Waals surface area contributed by atoms with Gasteiger partial charge < -0.3 is 5.11 Å².